The summed E-state index contributed by atoms with van der Waals surface area (Å²) in [7, 11) is 0. The van der Waals surface area contributed by atoms with E-state index in [2.05, 4.69) is 15.5 Å². The minimum absolute atomic E-state index is 0. The largest absolute Gasteiger partial charge is 0.387 e. The third-order valence-electron chi connectivity index (χ3n) is 7.36. The van der Waals surface area contributed by atoms with Crippen molar-refractivity contribution in [3.8, 4) is 0 Å². The highest BCUT2D eigenvalue weighted by atomic mass is 35.5. The van der Waals surface area contributed by atoms with Gasteiger partial charge in [0.25, 0.3) is 0 Å². The number of hydrogen-bond donors (Lipinski definition) is 3. The van der Waals surface area contributed by atoms with E-state index in [0.717, 1.165) is 57.5 Å². The molecule has 0 radical (unpaired) electrons. The maximum atomic E-state index is 13.0. The molecule has 0 bridgehead atoms. The summed E-state index contributed by atoms with van der Waals surface area (Å²) >= 11 is 0. The zero-order chi connectivity index (χ0) is 19.4. The molecule has 1 aliphatic carbocycles. The van der Waals surface area contributed by atoms with E-state index in [1.807, 2.05) is 30.3 Å². The zero-order valence-corrected chi connectivity index (χ0v) is 19.4. The summed E-state index contributed by atoms with van der Waals surface area (Å²) in [6, 6.07) is 9.91. The van der Waals surface area contributed by atoms with Crippen molar-refractivity contribution in [2.45, 2.75) is 44.6 Å². The Bertz CT molecular complexity index is 655. The number of piperidine rings is 1. The fraction of sp³-hybridized carbons (Fsp3) is 0.696. The van der Waals surface area contributed by atoms with Crippen molar-refractivity contribution in [3.05, 3.63) is 35.9 Å². The normalized spacial score (nSPS) is 28.0. The minimum Gasteiger partial charge on any atom is -0.387 e. The van der Waals surface area contributed by atoms with Crippen LogP contribution in [0, 0.1) is 17.3 Å². The van der Waals surface area contributed by atoms with Crippen molar-refractivity contribution in [1.82, 2.24) is 15.5 Å². The third-order valence-corrected chi connectivity index (χ3v) is 7.36. The number of nitrogens with zero attached hydrogens (tertiary/aromatic N) is 1. The smallest absolute Gasteiger partial charge is 0.227 e. The van der Waals surface area contributed by atoms with Crippen LogP contribution in [0.2, 0.25) is 0 Å². The summed E-state index contributed by atoms with van der Waals surface area (Å²) in [5.74, 6) is 1.38. The molecule has 0 spiro atoms. The van der Waals surface area contributed by atoms with Gasteiger partial charge in [0.05, 0.1) is 11.5 Å². The van der Waals surface area contributed by atoms with Gasteiger partial charge in [0.1, 0.15) is 0 Å². The van der Waals surface area contributed by atoms with Gasteiger partial charge in [0.2, 0.25) is 5.91 Å². The maximum Gasteiger partial charge on any atom is 0.227 e. The number of aliphatic hydroxyl groups excluding tert-OH is 1. The Hall–Kier alpha value is -0.850. The van der Waals surface area contributed by atoms with Gasteiger partial charge in [-0.15, -0.1) is 24.8 Å². The molecule has 5 nitrogen and oxygen atoms in total. The van der Waals surface area contributed by atoms with Gasteiger partial charge in [-0.25, -0.2) is 0 Å². The number of amides is 1. The summed E-state index contributed by atoms with van der Waals surface area (Å²) in [5, 5.41) is 17.2. The Balaban J connectivity index is 0.00000160. The first-order valence-corrected chi connectivity index (χ1v) is 11.1. The molecule has 1 unspecified atom stereocenters. The molecule has 3 atom stereocenters. The van der Waals surface area contributed by atoms with Gasteiger partial charge in [-0.2, -0.15) is 0 Å². The van der Waals surface area contributed by atoms with Crippen molar-refractivity contribution in [2.24, 2.45) is 17.3 Å². The van der Waals surface area contributed by atoms with Crippen LogP contribution in [0.3, 0.4) is 0 Å². The van der Waals surface area contributed by atoms with E-state index < -0.39 is 6.10 Å². The second-order valence-corrected chi connectivity index (χ2v) is 9.11. The maximum absolute atomic E-state index is 13.0. The van der Waals surface area contributed by atoms with E-state index >= 15 is 0 Å². The molecule has 1 aromatic rings. The lowest BCUT2D eigenvalue weighted by Gasteiger charge is -2.38. The summed E-state index contributed by atoms with van der Waals surface area (Å²) in [5.41, 5.74) is 0.849. The van der Waals surface area contributed by atoms with Crippen LogP contribution in [0.4, 0.5) is 0 Å². The topological polar surface area (TPSA) is 64.6 Å². The number of halogens is 2. The highest BCUT2D eigenvalue weighted by Gasteiger charge is 2.49. The zero-order valence-electron chi connectivity index (χ0n) is 17.7. The van der Waals surface area contributed by atoms with Crippen molar-refractivity contribution in [2.75, 3.05) is 39.3 Å². The SMILES string of the molecule is Cl.Cl.O=C(NCC1CCN(CC(O)c2ccccc2)CC1)[C@@]12CCCC[C@H]1CNC2. The molecule has 3 N–H and O–H groups in total. The van der Waals surface area contributed by atoms with E-state index in [1.54, 1.807) is 0 Å². The molecule has 4 rings (SSSR count). The minimum atomic E-state index is -0.422. The molecule has 30 heavy (non-hydrogen) atoms. The predicted molar refractivity (Wildman–Crippen MR) is 125 cm³/mol. The molecule has 1 amide bonds. The lowest BCUT2D eigenvalue weighted by molar-refractivity contribution is -0.134. The lowest BCUT2D eigenvalue weighted by Crippen LogP contribution is -2.49. The highest BCUT2D eigenvalue weighted by Crippen LogP contribution is 2.43. The van der Waals surface area contributed by atoms with Gasteiger partial charge in [-0.3, -0.25) is 4.79 Å². The van der Waals surface area contributed by atoms with Gasteiger partial charge in [0.15, 0.2) is 0 Å². The van der Waals surface area contributed by atoms with Gasteiger partial charge in [-0.1, -0.05) is 43.2 Å². The van der Waals surface area contributed by atoms with E-state index in [1.165, 1.54) is 19.3 Å². The average molecular weight is 458 g/mol. The van der Waals surface area contributed by atoms with Gasteiger partial charge < -0.3 is 20.6 Å². The van der Waals surface area contributed by atoms with E-state index in [0.29, 0.717) is 24.3 Å². The highest BCUT2D eigenvalue weighted by molar-refractivity contribution is 5.85. The second-order valence-electron chi connectivity index (χ2n) is 9.11. The molecular formula is C23H37Cl2N3O2. The van der Waals surface area contributed by atoms with Crippen LogP contribution in [0.25, 0.3) is 0 Å². The number of fused-ring (bicyclic) bond motifs is 1. The number of likely N-dealkylation sites (tertiary alicyclic amines) is 1. The van der Waals surface area contributed by atoms with Crippen molar-refractivity contribution >= 4 is 30.7 Å². The quantitative estimate of drug-likeness (QED) is 0.613. The molecule has 170 valence electrons. The molecular weight excluding hydrogens is 421 g/mol. The molecule has 1 saturated carbocycles. The summed E-state index contributed by atoms with van der Waals surface area (Å²) in [6.07, 6.45) is 6.47. The number of rotatable bonds is 6. The Morgan fingerprint density at radius 2 is 1.90 bits per heavy atom. The van der Waals surface area contributed by atoms with E-state index in [9.17, 15) is 9.90 Å². The van der Waals surface area contributed by atoms with Crippen molar-refractivity contribution in [1.29, 1.82) is 0 Å². The molecule has 2 heterocycles. The van der Waals surface area contributed by atoms with Crippen molar-refractivity contribution < 1.29 is 9.90 Å². The van der Waals surface area contributed by atoms with Gasteiger partial charge in [-0.05, 0) is 62.7 Å². The van der Waals surface area contributed by atoms with Crippen LogP contribution in [-0.2, 0) is 4.79 Å². The van der Waals surface area contributed by atoms with Gasteiger partial charge in [0, 0.05) is 19.6 Å². The Labute approximate surface area is 193 Å². The Morgan fingerprint density at radius 1 is 1.17 bits per heavy atom. The number of hydrogen-bond acceptors (Lipinski definition) is 4. The first-order valence-electron chi connectivity index (χ1n) is 11.1. The number of benzene rings is 1. The first-order chi connectivity index (χ1) is 13.7. The van der Waals surface area contributed by atoms with E-state index in [4.69, 9.17) is 0 Å². The molecule has 7 heteroatoms. The fourth-order valence-corrected chi connectivity index (χ4v) is 5.50. The van der Waals surface area contributed by atoms with E-state index in [-0.39, 0.29) is 30.2 Å². The number of aliphatic hydroxyl groups is 1. The molecule has 3 aliphatic rings. The van der Waals surface area contributed by atoms with Crippen LogP contribution in [-0.4, -0.2) is 55.2 Å². The molecule has 1 aromatic carbocycles. The number of nitrogens with one attached hydrogen (secondary N) is 2. The van der Waals surface area contributed by atoms with Crippen LogP contribution in [0.5, 0.6) is 0 Å². The van der Waals surface area contributed by atoms with Gasteiger partial charge >= 0.3 is 0 Å². The number of carbonyl (C=O) groups is 1. The Morgan fingerprint density at radius 3 is 2.63 bits per heavy atom. The molecule has 3 fully saturated rings. The average Bonchev–Trinajstić information content (AvgIpc) is 3.19. The second kappa shape index (κ2) is 11.7. The molecule has 2 aliphatic heterocycles. The fourth-order valence-electron chi connectivity index (χ4n) is 5.50. The van der Waals surface area contributed by atoms with Crippen molar-refractivity contribution in [3.63, 3.8) is 0 Å². The standard InChI is InChI=1S/C23H35N3O2.2ClH/c27-21(19-6-2-1-3-7-19)16-26-12-9-18(10-13-26)14-25-22(28)23-11-5-4-8-20(23)15-24-17-23;;/h1-3,6-7,18,20-21,24,27H,4-5,8-17H2,(H,25,28);2*1H/t20-,21?,23+;;/m0../s1. The number of carbonyl (C=O) groups excluding carboxylic acids is 1. The summed E-state index contributed by atoms with van der Waals surface area (Å²) in [4.78, 5) is 15.4. The summed E-state index contributed by atoms with van der Waals surface area (Å²) in [6.45, 7) is 5.37. The summed E-state index contributed by atoms with van der Waals surface area (Å²) < 4.78 is 0. The lowest BCUT2D eigenvalue weighted by atomic mass is 9.67. The van der Waals surface area contributed by atoms with Crippen LogP contribution in [0.15, 0.2) is 30.3 Å². The third kappa shape index (κ3) is 5.68. The Kier molecular flexibility index (Phi) is 9.89. The first kappa shape index (κ1) is 25.4. The number of β-amino-alcohol motifs (C(OH)–C–C–N with tert-alkyl or cyclic N) is 1. The molecule has 2 saturated heterocycles. The van der Waals surface area contributed by atoms with Crippen LogP contribution in [0.1, 0.15) is 50.2 Å². The predicted octanol–water partition coefficient (Wildman–Crippen LogP) is 3.17. The molecule has 0 aromatic heterocycles. The van der Waals surface area contributed by atoms with Crippen LogP contribution >= 0.6 is 24.8 Å². The van der Waals surface area contributed by atoms with Crippen LogP contribution < -0.4 is 10.6 Å². The monoisotopic (exact) mass is 457 g/mol.